The van der Waals surface area contributed by atoms with Crippen molar-refractivity contribution in [2.75, 3.05) is 4.72 Å². The molecule has 1 aromatic rings. The molecule has 62 valence electrons. The summed E-state index contributed by atoms with van der Waals surface area (Å²) in [7, 11) is 0. The van der Waals surface area contributed by atoms with Gasteiger partial charge in [0, 0.05) is 6.07 Å². The lowest BCUT2D eigenvalue weighted by molar-refractivity contribution is -0.384. The van der Waals surface area contributed by atoms with Gasteiger partial charge in [-0.2, -0.15) is 0 Å². The van der Waals surface area contributed by atoms with E-state index < -0.39 is 4.92 Å². The van der Waals surface area contributed by atoms with Gasteiger partial charge >= 0.3 is 0 Å². The summed E-state index contributed by atoms with van der Waals surface area (Å²) in [4.78, 5) is 9.87. The smallest absolute Gasteiger partial charge is 0.273 e. The van der Waals surface area contributed by atoms with Gasteiger partial charge in [0.15, 0.2) is 18.0 Å². The highest BCUT2D eigenvalue weighted by Gasteiger charge is 2.16. The summed E-state index contributed by atoms with van der Waals surface area (Å²) >= 11 is 1.05. The van der Waals surface area contributed by atoms with Crippen molar-refractivity contribution < 1.29 is 9.11 Å². The average Bonchev–Trinajstić information content (AvgIpc) is 2.49. The Morgan fingerprint density at radius 1 is 1.58 bits per heavy atom. The number of nitro benzene ring substituents is 1. The summed E-state index contributed by atoms with van der Waals surface area (Å²) < 4.78 is 7.83. The lowest BCUT2D eigenvalue weighted by Crippen LogP contribution is -1.87. The van der Waals surface area contributed by atoms with Crippen molar-refractivity contribution in [2.45, 2.75) is 0 Å². The van der Waals surface area contributed by atoms with E-state index in [4.69, 9.17) is 4.18 Å². The molecule has 5 nitrogen and oxygen atoms in total. The molecule has 0 aliphatic carbocycles. The molecule has 1 aromatic carbocycles. The van der Waals surface area contributed by atoms with Gasteiger partial charge in [-0.25, -0.2) is 0 Å². The number of rotatable bonds is 1. The van der Waals surface area contributed by atoms with E-state index in [-0.39, 0.29) is 5.69 Å². The van der Waals surface area contributed by atoms with Crippen molar-refractivity contribution in [3.63, 3.8) is 0 Å². The van der Waals surface area contributed by atoms with Crippen LogP contribution in [0.1, 0.15) is 0 Å². The number of fused-ring (bicyclic) bond motifs is 1. The summed E-state index contributed by atoms with van der Waals surface area (Å²) in [6, 6.07) is 4.44. The number of non-ortho nitro benzene ring substituents is 1. The second kappa shape index (κ2) is 2.56. The molecule has 1 aliphatic heterocycles. The van der Waals surface area contributed by atoms with Crippen molar-refractivity contribution in [3.05, 3.63) is 28.3 Å². The number of hydrogen-bond acceptors (Lipinski definition) is 5. The second-order valence-electron chi connectivity index (χ2n) is 2.21. The lowest BCUT2D eigenvalue weighted by Gasteiger charge is -1.93. The summed E-state index contributed by atoms with van der Waals surface area (Å²) in [5.41, 5.74) is 0.809. The van der Waals surface area contributed by atoms with Crippen LogP contribution < -0.4 is 8.91 Å². The van der Waals surface area contributed by atoms with Crippen LogP contribution in [0.3, 0.4) is 0 Å². The summed E-state index contributed by atoms with van der Waals surface area (Å²) in [5.74, 6) is 0.509. The van der Waals surface area contributed by atoms with Crippen molar-refractivity contribution in [1.29, 1.82) is 0 Å². The van der Waals surface area contributed by atoms with Gasteiger partial charge in [-0.05, 0) is 6.07 Å². The maximum atomic E-state index is 10.3. The van der Waals surface area contributed by atoms with E-state index in [9.17, 15) is 10.1 Å². The van der Waals surface area contributed by atoms with E-state index in [1.54, 1.807) is 6.07 Å². The maximum absolute atomic E-state index is 10.3. The Hall–Kier alpha value is -1.43. The highest BCUT2D eigenvalue weighted by atomic mass is 32.2. The van der Waals surface area contributed by atoms with Crippen molar-refractivity contribution in [2.24, 2.45) is 0 Å². The molecule has 0 spiro atoms. The third-order valence-corrected chi connectivity index (χ3v) is 2.03. The predicted octanol–water partition coefficient (Wildman–Crippen LogP) is 1.96. The number of benzene rings is 1. The Balaban J connectivity index is 2.45. The molecule has 1 aliphatic rings. The molecule has 0 amide bonds. The lowest BCUT2D eigenvalue weighted by atomic mass is 10.3. The molecule has 0 saturated heterocycles. The van der Waals surface area contributed by atoms with Crippen LogP contribution in [0.4, 0.5) is 11.4 Å². The molecule has 0 saturated carbocycles. The highest BCUT2D eigenvalue weighted by Crippen LogP contribution is 2.37. The Kier molecular flexibility index (Phi) is 1.54. The highest BCUT2D eigenvalue weighted by molar-refractivity contribution is 7.96. The molecule has 0 unspecified atom stereocenters. The molecule has 0 atom stereocenters. The third kappa shape index (κ3) is 1.06. The zero-order chi connectivity index (χ0) is 8.55. The zero-order valence-corrected chi connectivity index (χ0v) is 6.63. The molecule has 0 fully saturated rings. The number of hydrogen-bond donors (Lipinski definition) is 1. The molecule has 0 aromatic heterocycles. The van der Waals surface area contributed by atoms with Crippen molar-refractivity contribution in [3.8, 4) is 5.75 Å². The Morgan fingerprint density at radius 3 is 3.17 bits per heavy atom. The first-order chi connectivity index (χ1) is 5.77. The molecular weight excluding hydrogens is 180 g/mol. The van der Waals surface area contributed by atoms with E-state index in [1.165, 1.54) is 12.1 Å². The minimum atomic E-state index is -0.452. The monoisotopic (exact) mass is 184 g/mol. The maximum Gasteiger partial charge on any atom is 0.273 e. The van der Waals surface area contributed by atoms with Crippen molar-refractivity contribution in [1.82, 2.24) is 0 Å². The number of nitrogens with zero attached hydrogens (tertiary/aromatic N) is 1. The van der Waals surface area contributed by atoms with Gasteiger partial charge in [-0.15, -0.1) is 0 Å². The number of anilines is 1. The van der Waals surface area contributed by atoms with Crippen molar-refractivity contribution >= 4 is 23.6 Å². The van der Waals surface area contributed by atoms with Crippen LogP contribution in [0.25, 0.3) is 0 Å². The molecular formula is C6H4N2O3S. The van der Waals surface area contributed by atoms with Gasteiger partial charge in [0.25, 0.3) is 5.69 Å². The Labute approximate surface area is 72.2 Å². The standard InChI is InChI=1S/C6H4N2O3S/c9-8(10)4-1-2-5-6(3-4)11-12-7-5/h1-3,7H. The van der Waals surface area contributed by atoms with Gasteiger partial charge < -0.3 is 4.18 Å². The third-order valence-electron chi connectivity index (χ3n) is 1.46. The minimum Gasteiger partial charge on any atom is -0.403 e. The van der Waals surface area contributed by atoms with Gasteiger partial charge in [-0.3, -0.25) is 14.8 Å². The van der Waals surface area contributed by atoms with Gasteiger partial charge in [-0.1, -0.05) is 0 Å². The normalized spacial score (nSPS) is 13.0. The molecule has 1 heterocycles. The summed E-state index contributed by atoms with van der Waals surface area (Å²) in [6.45, 7) is 0. The van der Waals surface area contributed by atoms with E-state index in [0.717, 1.165) is 17.9 Å². The quantitative estimate of drug-likeness (QED) is 0.313. The zero-order valence-electron chi connectivity index (χ0n) is 5.81. The first-order valence-corrected chi connectivity index (χ1v) is 3.89. The predicted molar refractivity (Wildman–Crippen MR) is 44.9 cm³/mol. The van der Waals surface area contributed by atoms with E-state index in [2.05, 4.69) is 4.72 Å². The fraction of sp³-hybridized carbons (Fsp3) is 0. The minimum absolute atomic E-state index is 0.0399. The largest absolute Gasteiger partial charge is 0.403 e. The molecule has 6 heteroatoms. The fourth-order valence-corrected chi connectivity index (χ4v) is 1.42. The Morgan fingerprint density at radius 2 is 2.42 bits per heavy atom. The van der Waals surface area contributed by atoms with Gasteiger partial charge in [0.1, 0.15) is 0 Å². The van der Waals surface area contributed by atoms with Crippen LogP contribution in [0.2, 0.25) is 0 Å². The van der Waals surface area contributed by atoms with Crippen LogP contribution in [-0.2, 0) is 0 Å². The van der Waals surface area contributed by atoms with Crippen LogP contribution in [0, 0.1) is 10.1 Å². The van der Waals surface area contributed by atoms with E-state index in [0.29, 0.717) is 5.75 Å². The van der Waals surface area contributed by atoms with Gasteiger partial charge in [0.2, 0.25) is 0 Å². The van der Waals surface area contributed by atoms with E-state index in [1.807, 2.05) is 0 Å². The first-order valence-electron chi connectivity index (χ1n) is 3.15. The van der Waals surface area contributed by atoms with Crippen LogP contribution in [-0.4, -0.2) is 4.92 Å². The average molecular weight is 184 g/mol. The molecule has 1 N–H and O–H groups in total. The summed E-state index contributed by atoms with van der Waals surface area (Å²) in [5, 5.41) is 10.3. The van der Waals surface area contributed by atoms with E-state index >= 15 is 0 Å². The van der Waals surface area contributed by atoms with Crippen LogP contribution in [0.5, 0.6) is 5.75 Å². The molecule has 12 heavy (non-hydrogen) atoms. The Bertz CT molecular complexity index is 342. The first kappa shape index (κ1) is 7.23. The van der Waals surface area contributed by atoms with Gasteiger partial charge in [0.05, 0.1) is 16.7 Å². The van der Waals surface area contributed by atoms with Crippen LogP contribution >= 0.6 is 12.2 Å². The number of nitro groups is 1. The molecule has 0 radical (unpaired) electrons. The summed E-state index contributed by atoms with van der Waals surface area (Å²) in [6.07, 6.45) is 0. The molecule has 0 bridgehead atoms. The SMILES string of the molecule is O=[N+]([O-])c1ccc2c(c1)OSN2. The molecule has 2 rings (SSSR count). The number of nitrogens with one attached hydrogen (secondary N) is 1. The van der Waals surface area contributed by atoms with Crippen LogP contribution in [0.15, 0.2) is 18.2 Å². The topological polar surface area (TPSA) is 64.4 Å². The second-order valence-corrected chi connectivity index (χ2v) is 2.74. The fourth-order valence-electron chi connectivity index (χ4n) is 0.888.